The predicted octanol–water partition coefficient (Wildman–Crippen LogP) is 2.75. The summed E-state index contributed by atoms with van der Waals surface area (Å²) in [5, 5.41) is 0. The maximum atomic E-state index is 3.14. The second-order valence-electron chi connectivity index (χ2n) is 4.08. The zero-order chi connectivity index (χ0) is 11.1. The number of nitrogens with zero attached hydrogens (tertiary/aromatic N) is 1. The average Bonchev–Trinajstić information content (AvgIpc) is 2.43. The van der Waals surface area contributed by atoms with Crippen LogP contribution >= 0.6 is 0 Å². The Kier molecular flexibility index (Phi) is 9.49. The second-order valence-corrected chi connectivity index (χ2v) is 4.08. The Morgan fingerprint density at radius 1 is 1.19 bits per heavy atom. The van der Waals surface area contributed by atoms with E-state index in [0.717, 1.165) is 0 Å². The molecule has 0 spiro atoms. The van der Waals surface area contributed by atoms with Crippen LogP contribution in [-0.2, 0) is 45.6 Å². The van der Waals surface area contributed by atoms with Gasteiger partial charge in [-0.2, -0.15) is 49.2 Å². The summed E-state index contributed by atoms with van der Waals surface area (Å²) in [5.41, 5.74) is 3.00. The number of likely N-dealkylation sites (N-methyl/N-ethyl adjacent to an activating group) is 1. The molecule has 1 aliphatic heterocycles. The third kappa shape index (κ3) is 5.56. The van der Waals surface area contributed by atoms with Crippen LogP contribution in [0.4, 0.5) is 0 Å². The van der Waals surface area contributed by atoms with E-state index < -0.39 is 0 Å². The van der Waals surface area contributed by atoms with E-state index in [1.165, 1.54) is 37.1 Å². The fourth-order valence-corrected chi connectivity index (χ4v) is 1.71. The fraction of sp³-hybridized carbons (Fsp3) is 0.500. The molecule has 16 heavy (non-hydrogen) atoms. The fourth-order valence-electron chi connectivity index (χ4n) is 1.71. The third-order valence-corrected chi connectivity index (χ3v) is 2.58. The number of fused-ring (bicyclic) bond motifs is 1. The molecule has 0 atom stereocenters. The molecule has 0 fully saturated rings. The van der Waals surface area contributed by atoms with Gasteiger partial charge < -0.3 is 11.3 Å². The van der Waals surface area contributed by atoms with Gasteiger partial charge in [0.25, 0.3) is 0 Å². The summed E-state index contributed by atoms with van der Waals surface area (Å²) in [7, 11) is 2.19. The van der Waals surface area contributed by atoms with E-state index in [0.29, 0.717) is 0 Å². The minimum Gasteiger partial charge on any atom is -0.335 e. The van der Waals surface area contributed by atoms with Crippen molar-refractivity contribution in [3.8, 4) is 0 Å². The van der Waals surface area contributed by atoms with Crippen LogP contribution in [0.15, 0.2) is 18.2 Å². The van der Waals surface area contributed by atoms with Gasteiger partial charge in [0.05, 0.1) is 0 Å². The largest absolute Gasteiger partial charge is 0.335 e. The molecule has 0 saturated carbocycles. The molecular formula is C14H21NY-2. The van der Waals surface area contributed by atoms with Gasteiger partial charge in [0.1, 0.15) is 0 Å². The molecule has 1 aliphatic rings. The molecule has 1 aromatic carbocycles. The Hall–Kier alpha value is 0.284. The summed E-state index contributed by atoms with van der Waals surface area (Å²) in [6.07, 6.45) is 4.38. The molecule has 0 bridgehead atoms. The van der Waals surface area contributed by atoms with Crippen LogP contribution in [0.2, 0.25) is 0 Å². The van der Waals surface area contributed by atoms with Gasteiger partial charge in [-0.25, -0.2) is 0 Å². The molecule has 1 aromatic rings. The smallest absolute Gasteiger partial charge is 0 e. The Labute approximate surface area is 125 Å². The number of rotatable bonds is 0. The van der Waals surface area contributed by atoms with Crippen molar-refractivity contribution in [2.75, 3.05) is 20.1 Å². The molecule has 0 aromatic heterocycles. The van der Waals surface area contributed by atoms with E-state index in [1.807, 2.05) is 26.3 Å². The molecule has 2 rings (SSSR count). The van der Waals surface area contributed by atoms with Crippen molar-refractivity contribution in [2.45, 2.75) is 26.7 Å². The standard InChI is InChI=1S/C11H14N.C3H7.Y/c1-12-8-6-10-4-2-3-5-11(10)7-9-12;1-3-2;/h2,4-5H,6-9H2,1H3;3H,1-2H3;/q2*-1;. The van der Waals surface area contributed by atoms with Gasteiger partial charge >= 0.3 is 0 Å². The minimum atomic E-state index is 0. The zero-order valence-electron chi connectivity index (χ0n) is 10.7. The van der Waals surface area contributed by atoms with Crippen LogP contribution in [0.25, 0.3) is 0 Å². The van der Waals surface area contributed by atoms with E-state index in [4.69, 9.17) is 0 Å². The van der Waals surface area contributed by atoms with Gasteiger partial charge in [-0.1, -0.05) is 6.42 Å². The Balaban J connectivity index is 0.000000511. The molecule has 0 amide bonds. The predicted molar refractivity (Wildman–Crippen MR) is 65.8 cm³/mol. The molecule has 0 saturated heterocycles. The molecule has 0 N–H and O–H groups in total. The Morgan fingerprint density at radius 3 is 2.38 bits per heavy atom. The van der Waals surface area contributed by atoms with Crippen molar-refractivity contribution in [2.24, 2.45) is 0 Å². The van der Waals surface area contributed by atoms with Crippen LogP contribution < -0.4 is 0 Å². The zero-order valence-corrected chi connectivity index (χ0v) is 13.5. The van der Waals surface area contributed by atoms with Crippen molar-refractivity contribution < 1.29 is 32.7 Å². The van der Waals surface area contributed by atoms with Crippen LogP contribution in [-0.4, -0.2) is 25.0 Å². The Morgan fingerprint density at radius 2 is 1.75 bits per heavy atom. The van der Waals surface area contributed by atoms with Crippen molar-refractivity contribution >= 4 is 0 Å². The monoisotopic (exact) mass is 292 g/mol. The Bertz CT molecular complexity index is 259. The summed E-state index contributed by atoms with van der Waals surface area (Å²) in [4.78, 5) is 2.39. The third-order valence-electron chi connectivity index (χ3n) is 2.58. The topological polar surface area (TPSA) is 3.24 Å². The maximum Gasteiger partial charge on any atom is 0 e. The first-order valence-corrected chi connectivity index (χ1v) is 5.68. The van der Waals surface area contributed by atoms with Gasteiger partial charge in [0.2, 0.25) is 0 Å². The molecule has 1 heterocycles. The normalized spacial score (nSPS) is 14.9. The van der Waals surface area contributed by atoms with Crippen LogP contribution in [0.1, 0.15) is 25.0 Å². The summed E-state index contributed by atoms with van der Waals surface area (Å²) >= 11 is 0. The quantitative estimate of drug-likeness (QED) is 0.665. The van der Waals surface area contributed by atoms with Crippen LogP contribution in [0.3, 0.4) is 0 Å². The van der Waals surface area contributed by atoms with Crippen molar-refractivity contribution in [1.29, 1.82) is 0 Å². The summed E-state index contributed by atoms with van der Waals surface area (Å²) in [6, 6.07) is 9.50. The molecule has 0 unspecified atom stereocenters. The summed E-state index contributed by atoms with van der Waals surface area (Å²) < 4.78 is 0. The molecule has 1 nitrogen and oxygen atoms in total. The van der Waals surface area contributed by atoms with Gasteiger partial charge in [0.15, 0.2) is 0 Å². The van der Waals surface area contributed by atoms with E-state index in [1.54, 1.807) is 0 Å². The van der Waals surface area contributed by atoms with Crippen molar-refractivity contribution in [3.63, 3.8) is 0 Å². The molecule has 0 aliphatic carbocycles. The van der Waals surface area contributed by atoms with E-state index in [9.17, 15) is 0 Å². The first kappa shape index (κ1) is 16.3. The van der Waals surface area contributed by atoms with Gasteiger partial charge in [-0.05, 0) is 26.6 Å². The first-order chi connectivity index (χ1) is 7.27. The van der Waals surface area contributed by atoms with Gasteiger partial charge in [0, 0.05) is 32.7 Å². The summed E-state index contributed by atoms with van der Waals surface area (Å²) in [5.74, 6) is 0. The summed E-state index contributed by atoms with van der Waals surface area (Å²) in [6.45, 7) is 6.38. The molecule has 1 radical (unpaired) electrons. The molecule has 87 valence electrons. The molecule has 2 heteroatoms. The van der Waals surface area contributed by atoms with Gasteiger partial charge in [-0.3, -0.25) is 0 Å². The average molecular weight is 292 g/mol. The van der Waals surface area contributed by atoms with E-state index in [-0.39, 0.29) is 32.7 Å². The maximum absolute atomic E-state index is 3.14. The number of hydrogen-bond acceptors (Lipinski definition) is 1. The number of hydrogen-bond donors (Lipinski definition) is 0. The number of benzene rings is 1. The van der Waals surface area contributed by atoms with E-state index in [2.05, 4.69) is 30.1 Å². The first-order valence-electron chi connectivity index (χ1n) is 5.68. The van der Waals surface area contributed by atoms with Crippen molar-refractivity contribution in [1.82, 2.24) is 4.90 Å². The van der Waals surface area contributed by atoms with Crippen molar-refractivity contribution in [3.05, 3.63) is 41.8 Å². The minimum absolute atomic E-state index is 0. The molecular weight excluding hydrogens is 271 g/mol. The van der Waals surface area contributed by atoms with Gasteiger partial charge in [-0.15, -0.1) is 0 Å². The van der Waals surface area contributed by atoms with Crippen LogP contribution in [0.5, 0.6) is 0 Å². The van der Waals surface area contributed by atoms with Crippen LogP contribution in [0, 0.1) is 12.5 Å². The van der Waals surface area contributed by atoms with E-state index >= 15 is 0 Å². The SMILES string of the molecule is CN1CCc2c[c-]ccc2CC1.C[CH-]C.[Y]. The second kappa shape index (κ2) is 9.33.